The molecular weight excluding hydrogens is 979 g/mol. The van der Waals surface area contributed by atoms with E-state index in [1.807, 2.05) is 0 Å². The van der Waals surface area contributed by atoms with Gasteiger partial charge in [-0.05, 0) is 149 Å². The molecule has 4 heterocycles. The highest BCUT2D eigenvalue weighted by molar-refractivity contribution is 5.67. The molecule has 5 aliphatic carbocycles. The zero-order valence-electron chi connectivity index (χ0n) is 46.4. The van der Waals surface area contributed by atoms with E-state index in [1.165, 1.54) is 97.6 Å². The highest BCUT2D eigenvalue weighted by Gasteiger charge is 2.67. The number of morpholine rings is 1. The van der Waals surface area contributed by atoms with Crippen molar-refractivity contribution in [2.75, 3.05) is 24.5 Å². The maximum Gasteiger partial charge on any atom is 0.0774 e. The molecule has 7 aromatic rings. The minimum absolute atomic E-state index is 0.105. The first kappa shape index (κ1) is 49.3. The lowest BCUT2D eigenvalue weighted by atomic mass is 9.65. The first-order valence-electron chi connectivity index (χ1n) is 31.2. The van der Waals surface area contributed by atoms with E-state index in [0.717, 1.165) is 32.1 Å². The van der Waals surface area contributed by atoms with Crippen LogP contribution < -0.4 is 24.5 Å². The normalized spacial score (nSPS) is 34.3. The minimum atomic E-state index is 0.105. The Kier molecular flexibility index (Phi) is 12.8. The van der Waals surface area contributed by atoms with Crippen LogP contribution in [0.5, 0.6) is 0 Å². The SMILES string of the molecule is c1ccc(N(c2ccccc2)C2CC3OC4CC5C(CC4N4C6CCCCC6N(c6ccccc6)C(C2)C34)N2C3CCCCC3N(c3ccccc3)C3CC(N(c4ccccc4)c4ccccc4)CC(C32)N5c2ccccc2)cc1. The summed E-state index contributed by atoms with van der Waals surface area (Å²) in [6, 6.07) is 85.8. The van der Waals surface area contributed by atoms with Gasteiger partial charge in [0, 0.05) is 112 Å². The first-order chi connectivity index (χ1) is 39.7. The lowest BCUT2D eigenvalue weighted by Crippen LogP contribution is -2.86. The Balaban J connectivity index is 0.847. The molecule has 408 valence electrons. The predicted octanol–water partition coefficient (Wildman–Crippen LogP) is 14.3. The quantitative estimate of drug-likeness (QED) is 0.141. The van der Waals surface area contributed by atoms with Crippen LogP contribution in [0.4, 0.5) is 39.8 Å². The van der Waals surface area contributed by atoms with Gasteiger partial charge in [0.1, 0.15) is 0 Å². The van der Waals surface area contributed by atoms with Crippen molar-refractivity contribution in [1.82, 2.24) is 9.80 Å². The molecule has 80 heavy (non-hydrogen) atoms. The van der Waals surface area contributed by atoms with Crippen LogP contribution in [0.25, 0.3) is 0 Å². The van der Waals surface area contributed by atoms with Crippen LogP contribution in [0, 0.1) is 0 Å². The fraction of sp³-hybridized carbons (Fsp3) is 0.417. The van der Waals surface area contributed by atoms with Crippen LogP contribution in [0.15, 0.2) is 212 Å². The molecule has 0 N–H and O–H groups in total. The third kappa shape index (κ3) is 8.23. The van der Waals surface area contributed by atoms with Gasteiger partial charge in [-0.2, -0.15) is 0 Å². The van der Waals surface area contributed by atoms with Gasteiger partial charge in [-0.25, -0.2) is 0 Å². The van der Waals surface area contributed by atoms with E-state index in [-0.39, 0.29) is 24.3 Å². The summed E-state index contributed by atoms with van der Waals surface area (Å²) in [6.45, 7) is 0. The van der Waals surface area contributed by atoms with Crippen LogP contribution in [-0.2, 0) is 4.74 Å². The smallest absolute Gasteiger partial charge is 0.0774 e. The molecule has 16 unspecified atom stereocenters. The third-order valence-electron chi connectivity index (χ3n) is 21.6. The Labute approximate surface area is 475 Å². The van der Waals surface area contributed by atoms with E-state index in [4.69, 9.17) is 4.74 Å². The monoisotopic (exact) mass is 1060 g/mol. The van der Waals surface area contributed by atoms with E-state index in [2.05, 4.69) is 247 Å². The highest BCUT2D eigenvalue weighted by atomic mass is 16.5. The fourth-order valence-corrected chi connectivity index (χ4v) is 19.0. The van der Waals surface area contributed by atoms with Crippen LogP contribution in [0.3, 0.4) is 0 Å². The highest BCUT2D eigenvalue weighted by Crippen LogP contribution is 2.57. The van der Waals surface area contributed by atoms with Gasteiger partial charge in [0.05, 0.1) is 24.3 Å². The van der Waals surface area contributed by atoms with Gasteiger partial charge in [-0.15, -0.1) is 0 Å². The van der Waals surface area contributed by atoms with Gasteiger partial charge in [-0.3, -0.25) is 9.80 Å². The number of nitrogens with zero attached hydrogens (tertiary/aromatic N) is 7. The van der Waals surface area contributed by atoms with Crippen molar-refractivity contribution in [2.45, 2.75) is 187 Å². The topological polar surface area (TPSA) is 31.9 Å². The number of hydrogen-bond acceptors (Lipinski definition) is 8. The summed E-state index contributed by atoms with van der Waals surface area (Å²) in [4.78, 5) is 21.1. The standard InChI is InChI=1S/C72H79N7O/c1-8-26-50(27-9-1)73(51-28-10-2-11-29-51)57-44-66-71-67(45-57)77(56-38-20-7-21-39-56)64-49-69-65(48-63(64)78(71)61-42-24-22-40-59(61)75(66)54-34-16-5-17-35-54)79-62-43-25-23-41-60(62)76(55-36-18-6-19-37-55)68-46-58(47-70(80-69)72(68)79)74(52-30-12-3-13-31-52)53-32-14-4-15-33-53/h1-21,26-39,57-72H,22-25,40-49H2. The zero-order valence-corrected chi connectivity index (χ0v) is 46.4. The van der Waals surface area contributed by atoms with Crippen molar-refractivity contribution in [3.8, 4) is 0 Å². The average Bonchev–Trinajstić information content (AvgIpc) is 3.51. The molecule has 9 aliphatic rings. The van der Waals surface area contributed by atoms with E-state index >= 15 is 0 Å². The molecule has 4 saturated heterocycles. The average molecular weight is 1060 g/mol. The number of piperazine rings is 3. The second-order valence-electron chi connectivity index (χ2n) is 25.4. The Bertz CT molecular complexity index is 3100. The number of rotatable bonds is 9. The minimum Gasteiger partial charge on any atom is -0.371 e. The lowest BCUT2D eigenvalue weighted by Gasteiger charge is -2.73. The number of fused-ring (bicyclic) bond motifs is 8. The number of para-hydroxylation sites is 7. The molecule has 0 aromatic heterocycles. The first-order valence-corrected chi connectivity index (χ1v) is 31.2. The van der Waals surface area contributed by atoms with Crippen LogP contribution in [-0.4, -0.2) is 107 Å². The van der Waals surface area contributed by atoms with Crippen LogP contribution in [0.2, 0.25) is 0 Å². The van der Waals surface area contributed by atoms with Crippen molar-refractivity contribution >= 4 is 39.8 Å². The summed E-state index contributed by atoms with van der Waals surface area (Å²) in [5, 5.41) is 0. The molecular formula is C72H79N7O. The molecule has 9 fully saturated rings. The molecule has 7 aromatic carbocycles. The summed E-state index contributed by atoms with van der Waals surface area (Å²) in [6.07, 6.45) is 17.1. The van der Waals surface area contributed by atoms with Gasteiger partial charge < -0.3 is 29.2 Å². The van der Waals surface area contributed by atoms with Crippen molar-refractivity contribution < 1.29 is 4.74 Å². The molecule has 0 radical (unpaired) electrons. The second-order valence-corrected chi connectivity index (χ2v) is 25.4. The molecule has 8 heteroatoms. The van der Waals surface area contributed by atoms with E-state index < -0.39 is 0 Å². The Hall–Kier alpha value is -6.58. The van der Waals surface area contributed by atoms with E-state index in [9.17, 15) is 0 Å². The third-order valence-corrected chi connectivity index (χ3v) is 21.6. The number of benzene rings is 7. The molecule has 0 spiro atoms. The number of anilines is 7. The molecule has 8 nitrogen and oxygen atoms in total. The van der Waals surface area contributed by atoms with Crippen molar-refractivity contribution in [3.63, 3.8) is 0 Å². The summed E-state index contributed by atoms with van der Waals surface area (Å²) < 4.78 is 8.22. The van der Waals surface area contributed by atoms with Crippen LogP contribution >= 0.6 is 0 Å². The maximum absolute atomic E-state index is 8.22. The predicted molar refractivity (Wildman–Crippen MR) is 327 cm³/mol. The molecule has 0 bridgehead atoms. The molecule has 0 amide bonds. The summed E-state index contributed by atoms with van der Waals surface area (Å²) >= 11 is 0. The van der Waals surface area contributed by atoms with Crippen molar-refractivity contribution in [1.29, 1.82) is 0 Å². The van der Waals surface area contributed by atoms with Crippen LogP contribution in [0.1, 0.15) is 89.9 Å². The largest absolute Gasteiger partial charge is 0.371 e. The van der Waals surface area contributed by atoms with Gasteiger partial charge >= 0.3 is 0 Å². The Morgan fingerprint density at radius 2 is 0.613 bits per heavy atom. The molecule has 5 saturated carbocycles. The maximum atomic E-state index is 8.22. The zero-order chi connectivity index (χ0) is 52.7. The molecule has 4 aliphatic heterocycles. The number of ether oxygens (including phenoxy) is 1. The van der Waals surface area contributed by atoms with Gasteiger partial charge in [-0.1, -0.05) is 153 Å². The van der Waals surface area contributed by atoms with E-state index in [0.29, 0.717) is 72.5 Å². The lowest BCUT2D eigenvalue weighted by molar-refractivity contribution is -0.222. The summed E-state index contributed by atoms with van der Waals surface area (Å²) in [5.74, 6) is 0. The van der Waals surface area contributed by atoms with Gasteiger partial charge in [0.15, 0.2) is 0 Å². The number of hydrogen-bond donors (Lipinski definition) is 0. The summed E-state index contributed by atoms with van der Waals surface area (Å²) in [5.41, 5.74) is 9.34. The van der Waals surface area contributed by atoms with Gasteiger partial charge in [0.25, 0.3) is 0 Å². The van der Waals surface area contributed by atoms with Crippen molar-refractivity contribution in [3.05, 3.63) is 212 Å². The summed E-state index contributed by atoms with van der Waals surface area (Å²) in [7, 11) is 0. The van der Waals surface area contributed by atoms with Crippen molar-refractivity contribution in [2.24, 2.45) is 0 Å². The van der Waals surface area contributed by atoms with Gasteiger partial charge in [0.2, 0.25) is 0 Å². The van der Waals surface area contributed by atoms with E-state index in [1.54, 1.807) is 0 Å². The Morgan fingerprint density at radius 1 is 0.275 bits per heavy atom. The fourth-order valence-electron chi connectivity index (χ4n) is 19.0. The second kappa shape index (κ2) is 20.8. The molecule has 16 atom stereocenters. The Morgan fingerprint density at radius 3 is 1.02 bits per heavy atom. The molecule has 16 rings (SSSR count).